The van der Waals surface area contributed by atoms with Gasteiger partial charge in [-0.3, -0.25) is 4.79 Å². The lowest BCUT2D eigenvalue weighted by Gasteiger charge is -2.36. The minimum absolute atomic E-state index is 0.0816. The number of thiophene rings is 1. The van der Waals surface area contributed by atoms with Crippen LogP contribution in [0.1, 0.15) is 16.6 Å². The molecule has 1 saturated heterocycles. The summed E-state index contributed by atoms with van der Waals surface area (Å²) in [4.78, 5) is 14.2. The van der Waals surface area contributed by atoms with Crippen molar-refractivity contribution in [2.45, 2.75) is 6.92 Å². The van der Waals surface area contributed by atoms with Crippen molar-refractivity contribution >= 4 is 28.8 Å². The molecule has 0 N–H and O–H groups in total. The highest BCUT2D eigenvalue weighted by Crippen LogP contribution is 2.26. The van der Waals surface area contributed by atoms with Crippen LogP contribution in [0.3, 0.4) is 0 Å². The third kappa shape index (κ3) is 1.58. The summed E-state index contributed by atoms with van der Waals surface area (Å²) in [7, 11) is 0. The average molecular weight is 216 g/mol. The van der Waals surface area contributed by atoms with Crippen molar-refractivity contribution in [2.24, 2.45) is 5.92 Å². The molecule has 1 fully saturated rings. The molecule has 2 rings (SSSR count). The van der Waals surface area contributed by atoms with Gasteiger partial charge in [-0.05, 0) is 17.4 Å². The fraction of sp³-hybridized carbons (Fsp3) is 0.444. The van der Waals surface area contributed by atoms with Crippen molar-refractivity contribution in [3.63, 3.8) is 0 Å². The van der Waals surface area contributed by atoms with E-state index in [-0.39, 0.29) is 5.91 Å². The predicted octanol–water partition coefficient (Wildman–Crippen LogP) is 2.49. The van der Waals surface area contributed by atoms with E-state index in [1.54, 1.807) is 6.07 Å². The molecule has 4 heteroatoms. The number of halogens is 1. The third-order valence-electron chi connectivity index (χ3n) is 2.16. The molecule has 13 heavy (non-hydrogen) atoms. The molecule has 0 bridgehead atoms. The van der Waals surface area contributed by atoms with Gasteiger partial charge in [0.25, 0.3) is 5.91 Å². The van der Waals surface area contributed by atoms with Gasteiger partial charge in [-0.15, -0.1) is 11.3 Å². The first-order chi connectivity index (χ1) is 6.18. The van der Waals surface area contributed by atoms with E-state index >= 15 is 0 Å². The number of nitrogens with zero attached hydrogens (tertiary/aromatic N) is 1. The van der Waals surface area contributed by atoms with Gasteiger partial charge in [0, 0.05) is 13.1 Å². The minimum atomic E-state index is 0.0816. The molecule has 0 atom stereocenters. The maximum Gasteiger partial charge on any atom is 0.265 e. The van der Waals surface area contributed by atoms with E-state index in [1.807, 2.05) is 10.3 Å². The van der Waals surface area contributed by atoms with Gasteiger partial charge in [0.15, 0.2) is 0 Å². The normalized spacial score (nSPS) is 17.2. The zero-order valence-electron chi connectivity index (χ0n) is 7.29. The number of hydrogen-bond donors (Lipinski definition) is 0. The van der Waals surface area contributed by atoms with Gasteiger partial charge in [0.05, 0.1) is 5.02 Å². The molecule has 0 unspecified atom stereocenters. The number of carbonyl (C=O) groups is 1. The van der Waals surface area contributed by atoms with Gasteiger partial charge in [-0.2, -0.15) is 0 Å². The summed E-state index contributed by atoms with van der Waals surface area (Å²) >= 11 is 7.27. The lowest BCUT2D eigenvalue weighted by atomic mass is 10.0. The molecule has 2 nitrogen and oxygen atoms in total. The van der Waals surface area contributed by atoms with E-state index in [9.17, 15) is 4.79 Å². The lowest BCUT2D eigenvalue weighted by molar-refractivity contribution is 0.0535. The van der Waals surface area contributed by atoms with E-state index < -0.39 is 0 Å². The van der Waals surface area contributed by atoms with Crippen LogP contribution in [-0.4, -0.2) is 23.9 Å². The highest BCUT2D eigenvalue weighted by atomic mass is 35.5. The van der Waals surface area contributed by atoms with Crippen LogP contribution < -0.4 is 0 Å². The van der Waals surface area contributed by atoms with Crippen LogP contribution in [0.15, 0.2) is 11.4 Å². The molecule has 70 valence electrons. The number of rotatable bonds is 1. The monoisotopic (exact) mass is 215 g/mol. The van der Waals surface area contributed by atoms with Crippen LogP contribution in [0, 0.1) is 5.92 Å². The Bertz CT molecular complexity index is 330. The molecule has 0 aliphatic carbocycles. The molecule has 0 spiro atoms. The van der Waals surface area contributed by atoms with Gasteiger partial charge in [0.1, 0.15) is 4.88 Å². The molecule has 0 aromatic carbocycles. The highest BCUT2D eigenvalue weighted by Gasteiger charge is 2.29. The Morgan fingerprint density at radius 1 is 1.69 bits per heavy atom. The van der Waals surface area contributed by atoms with Gasteiger partial charge in [0.2, 0.25) is 0 Å². The Morgan fingerprint density at radius 2 is 2.38 bits per heavy atom. The Hall–Kier alpha value is -0.540. The second-order valence-corrected chi connectivity index (χ2v) is 4.74. The van der Waals surface area contributed by atoms with Crippen LogP contribution in [0.4, 0.5) is 0 Å². The minimum Gasteiger partial charge on any atom is -0.337 e. The summed E-state index contributed by atoms with van der Waals surface area (Å²) in [5.41, 5.74) is 0. The molecule has 1 aliphatic rings. The summed E-state index contributed by atoms with van der Waals surface area (Å²) in [5.74, 6) is 0.723. The van der Waals surface area contributed by atoms with E-state index in [0.717, 1.165) is 13.1 Å². The Morgan fingerprint density at radius 3 is 2.85 bits per heavy atom. The average Bonchev–Trinajstić information content (AvgIpc) is 2.44. The first-order valence-electron chi connectivity index (χ1n) is 4.20. The first kappa shape index (κ1) is 9.03. The Labute approximate surface area is 86.1 Å². The lowest BCUT2D eigenvalue weighted by Crippen LogP contribution is -2.48. The van der Waals surface area contributed by atoms with Crippen molar-refractivity contribution in [2.75, 3.05) is 13.1 Å². The second-order valence-electron chi connectivity index (χ2n) is 3.41. The number of carbonyl (C=O) groups excluding carboxylic acids is 1. The summed E-state index contributed by atoms with van der Waals surface area (Å²) in [6, 6.07) is 1.77. The van der Waals surface area contributed by atoms with Crippen molar-refractivity contribution < 1.29 is 4.79 Å². The van der Waals surface area contributed by atoms with Gasteiger partial charge in [-0.25, -0.2) is 0 Å². The van der Waals surface area contributed by atoms with Crippen molar-refractivity contribution in [3.8, 4) is 0 Å². The zero-order chi connectivity index (χ0) is 9.42. The van der Waals surface area contributed by atoms with Crippen LogP contribution in [0.5, 0.6) is 0 Å². The van der Waals surface area contributed by atoms with Crippen molar-refractivity contribution in [3.05, 3.63) is 21.3 Å². The third-order valence-corrected chi connectivity index (χ3v) is 3.49. The summed E-state index contributed by atoms with van der Waals surface area (Å²) in [6.07, 6.45) is 0. The zero-order valence-corrected chi connectivity index (χ0v) is 8.86. The Kier molecular flexibility index (Phi) is 2.30. The standard InChI is InChI=1S/C9H10ClNOS/c1-6-4-11(5-6)9(12)8-7(10)2-3-13-8/h2-3,6H,4-5H2,1H3. The summed E-state index contributed by atoms with van der Waals surface area (Å²) in [5, 5.41) is 2.42. The second kappa shape index (κ2) is 3.31. The molecule has 0 radical (unpaired) electrons. The molecule has 1 aromatic heterocycles. The topological polar surface area (TPSA) is 20.3 Å². The van der Waals surface area contributed by atoms with Crippen LogP contribution in [0.25, 0.3) is 0 Å². The van der Waals surface area contributed by atoms with Crippen LogP contribution >= 0.6 is 22.9 Å². The number of likely N-dealkylation sites (tertiary alicyclic amines) is 1. The van der Waals surface area contributed by atoms with Crippen molar-refractivity contribution in [1.82, 2.24) is 4.90 Å². The predicted molar refractivity (Wildman–Crippen MR) is 54.4 cm³/mol. The maximum absolute atomic E-state index is 11.7. The largest absolute Gasteiger partial charge is 0.337 e. The molecule has 1 aromatic rings. The first-order valence-corrected chi connectivity index (χ1v) is 5.46. The fourth-order valence-corrected chi connectivity index (χ4v) is 2.56. The van der Waals surface area contributed by atoms with Crippen LogP contribution in [-0.2, 0) is 0 Å². The number of hydrogen-bond acceptors (Lipinski definition) is 2. The molecule has 1 aliphatic heterocycles. The van der Waals surface area contributed by atoms with Crippen molar-refractivity contribution in [1.29, 1.82) is 0 Å². The molecule has 0 saturated carbocycles. The maximum atomic E-state index is 11.7. The van der Waals surface area contributed by atoms with Gasteiger partial charge < -0.3 is 4.90 Å². The smallest absolute Gasteiger partial charge is 0.265 e. The molecule has 2 heterocycles. The fourth-order valence-electron chi connectivity index (χ4n) is 1.45. The van der Waals surface area contributed by atoms with Gasteiger partial charge in [-0.1, -0.05) is 18.5 Å². The SMILES string of the molecule is CC1CN(C(=O)c2sccc2Cl)C1. The van der Waals surface area contributed by atoms with Crippen LogP contribution in [0.2, 0.25) is 5.02 Å². The van der Waals surface area contributed by atoms with E-state index in [2.05, 4.69) is 6.92 Å². The number of amides is 1. The van der Waals surface area contributed by atoms with Gasteiger partial charge >= 0.3 is 0 Å². The highest BCUT2D eigenvalue weighted by molar-refractivity contribution is 7.12. The molecular weight excluding hydrogens is 206 g/mol. The molecule has 1 amide bonds. The summed E-state index contributed by atoms with van der Waals surface area (Å²) < 4.78 is 0. The van der Waals surface area contributed by atoms with E-state index in [4.69, 9.17) is 11.6 Å². The van der Waals surface area contributed by atoms with E-state index in [1.165, 1.54) is 11.3 Å². The quantitative estimate of drug-likeness (QED) is 0.705. The summed E-state index contributed by atoms with van der Waals surface area (Å²) in [6.45, 7) is 3.87. The molecular formula is C9H10ClNOS. The Balaban J connectivity index is 2.10. The van der Waals surface area contributed by atoms with E-state index in [0.29, 0.717) is 15.8 Å².